The summed E-state index contributed by atoms with van der Waals surface area (Å²) in [5, 5.41) is 18.1. The van der Waals surface area contributed by atoms with Gasteiger partial charge in [-0.3, -0.25) is 0 Å². The molecule has 0 unspecified atom stereocenters. The summed E-state index contributed by atoms with van der Waals surface area (Å²) >= 11 is 1.66. The lowest BCUT2D eigenvalue weighted by Crippen LogP contribution is -2.34. The van der Waals surface area contributed by atoms with Crippen molar-refractivity contribution in [1.82, 2.24) is 10.3 Å². The van der Waals surface area contributed by atoms with Crippen LogP contribution in [0.2, 0.25) is 0 Å². The molecule has 1 heterocycles. The first-order valence-corrected chi connectivity index (χ1v) is 6.43. The van der Waals surface area contributed by atoms with Crippen LogP contribution in [0, 0.1) is 12.3 Å². The monoisotopic (exact) mass is 256 g/mol. The molecular weight excluding hydrogens is 236 g/mol. The number of aryl methyl sites for hydroxylation is 1. The average molecular weight is 256 g/mol. The van der Waals surface area contributed by atoms with E-state index in [0.29, 0.717) is 0 Å². The Morgan fingerprint density at radius 2 is 2.35 bits per heavy atom. The molecule has 0 aliphatic rings. The maximum Gasteiger partial charge on any atom is 0.144 e. The third-order valence-electron chi connectivity index (χ3n) is 2.67. The van der Waals surface area contributed by atoms with Crippen LogP contribution < -0.4 is 11.1 Å². The van der Waals surface area contributed by atoms with E-state index in [2.05, 4.69) is 15.5 Å². The van der Waals surface area contributed by atoms with Crippen LogP contribution >= 0.6 is 11.3 Å². The molecule has 0 aliphatic heterocycles. The molecule has 0 atom stereocenters. The number of rotatable bonds is 6. The Labute approximate surface area is 106 Å². The zero-order valence-electron chi connectivity index (χ0n) is 10.5. The Hall–Kier alpha value is -1.14. The first kappa shape index (κ1) is 13.9. The summed E-state index contributed by atoms with van der Waals surface area (Å²) in [4.78, 5) is 4.36. The Morgan fingerprint density at radius 1 is 1.65 bits per heavy atom. The van der Waals surface area contributed by atoms with Crippen LogP contribution in [0.4, 0.5) is 0 Å². The Balaban J connectivity index is 2.29. The topological polar surface area (TPSA) is 83.5 Å². The Kier molecular flexibility index (Phi) is 4.89. The van der Waals surface area contributed by atoms with Gasteiger partial charge in [0.15, 0.2) is 0 Å². The number of nitrogens with one attached hydrogen (secondary N) is 1. The summed E-state index contributed by atoms with van der Waals surface area (Å²) in [6.45, 7) is 7.47. The van der Waals surface area contributed by atoms with Crippen molar-refractivity contribution in [3.05, 3.63) is 16.1 Å². The molecule has 1 aromatic heterocycles. The van der Waals surface area contributed by atoms with Crippen molar-refractivity contribution >= 4 is 17.2 Å². The highest BCUT2D eigenvalue weighted by Crippen LogP contribution is 2.19. The summed E-state index contributed by atoms with van der Waals surface area (Å²) in [5.41, 5.74) is 6.38. The van der Waals surface area contributed by atoms with Gasteiger partial charge < -0.3 is 16.3 Å². The van der Waals surface area contributed by atoms with Gasteiger partial charge in [0.2, 0.25) is 0 Å². The van der Waals surface area contributed by atoms with Crippen LogP contribution in [0.1, 0.15) is 31.0 Å². The van der Waals surface area contributed by atoms with E-state index < -0.39 is 0 Å². The number of hydrogen-bond donors (Lipinski definition) is 3. The van der Waals surface area contributed by atoms with Crippen molar-refractivity contribution in [2.75, 3.05) is 6.54 Å². The number of hydrogen-bond acceptors (Lipinski definition) is 5. The lowest BCUT2D eigenvalue weighted by Gasteiger charge is -2.22. The summed E-state index contributed by atoms with van der Waals surface area (Å²) in [5.74, 6) is 0.268. The van der Waals surface area contributed by atoms with Gasteiger partial charge in [-0.25, -0.2) is 4.98 Å². The van der Waals surface area contributed by atoms with Gasteiger partial charge in [-0.05, 0) is 19.9 Å². The van der Waals surface area contributed by atoms with Crippen molar-refractivity contribution in [3.8, 4) is 0 Å². The first-order chi connectivity index (χ1) is 7.95. The van der Waals surface area contributed by atoms with Crippen LogP contribution in [-0.2, 0) is 6.54 Å². The van der Waals surface area contributed by atoms with Gasteiger partial charge in [-0.15, -0.1) is 11.3 Å². The molecule has 0 aromatic carbocycles. The summed E-state index contributed by atoms with van der Waals surface area (Å²) in [7, 11) is 0. The molecule has 1 rings (SSSR count). The highest BCUT2D eigenvalue weighted by atomic mass is 32.1. The SMILES string of the molecule is Cc1csc(CNCCC(C)(C)C(N)=NO)n1. The van der Waals surface area contributed by atoms with E-state index in [1.165, 1.54) is 0 Å². The number of aromatic nitrogens is 1. The van der Waals surface area contributed by atoms with E-state index in [0.717, 1.165) is 30.2 Å². The number of nitrogens with zero attached hydrogens (tertiary/aromatic N) is 2. The maximum atomic E-state index is 8.64. The lowest BCUT2D eigenvalue weighted by molar-refractivity contribution is 0.305. The van der Waals surface area contributed by atoms with Crippen LogP contribution in [0.5, 0.6) is 0 Å². The van der Waals surface area contributed by atoms with E-state index in [9.17, 15) is 0 Å². The molecule has 0 spiro atoms. The van der Waals surface area contributed by atoms with Crippen molar-refractivity contribution in [2.24, 2.45) is 16.3 Å². The number of nitrogens with two attached hydrogens (primary N) is 1. The molecule has 0 bridgehead atoms. The molecule has 6 heteroatoms. The van der Waals surface area contributed by atoms with Crippen LogP contribution in [0.25, 0.3) is 0 Å². The van der Waals surface area contributed by atoms with Gasteiger partial charge in [0.1, 0.15) is 10.8 Å². The third kappa shape index (κ3) is 4.32. The molecular formula is C11H20N4OS. The standard InChI is InChI=1S/C11H20N4OS/c1-8-7-17-9(14-8)6-13-5-4-11(2,3)10(12)15-16/h7,13,16H,4-6H2,1-3H3,(H2,12,15). The Bertz CT molecular complexity index is 387. The molecule has 17 heavy (non-hydrogen) atoms. The zero-order chi connectivity index (χ0) is 12.9. The van der Waals surface area contributed by atoms with E-state index >= 15 is 0 Å². The van der Waals surface area contributed by atoms with E-state index in [-0.39, 0.29) is 11.3 Å². The largest absolute Gasteiger partial charge is 0.409 e. The van der Waals surface area contributed by atoms with Gasteiger partial charge in [0, 0.05) is 23.0 Å². The highest BCUT2D eigenvalue weighted by molar-refractivity contribution is 7.09. The predicted octanol–water partition coefficient (Wildman–Crippen LogP) is 1.70. The van der Waals surface area contributed by atoms with Crippen LogP contribution in [0.15, 0.2) is 10.5 Å². The second-order valence-corrected chi connectivity index (χ2v) is 5.62. The minimum Gasteiger partial charge on any atom is -0.409 e. The van der Waals surface area contributed by atoms with Crippen molar-refractivity contribution in [1.29, 1.82) is 0 Å². The zero-order valence-corrected chi connectivity index (χ0v) is 11.3. The van der Waals surface area contributed by atoms with Gasteiger partial charge in [0.25, 0.3) is 0 Å². The van der Waals surface area contributed by atoms with Crippen LogP contribution in [0.3, 0.4) is 0 Å². The Morgan fingerprint density at radius 3 is 2.88 bits per heavy atom. The molecule has 96 valence electrons. The fraction of sp³-hybridized carbons (Fsp3) is 0.636. The summed E-state index contributed by atoms with van der Waals surface area (Å²) < 4.78 is 0. The summed E-state index contributed by atoms with van der Waals surface area (Å²) in [6.07, 6.45) is 0.813. The number of thiazole rings is 1. The molecule has 1 aromatic rings. The smallest absolute Gasteiger partial charge is 0.144 e. The maximum absolute atomic E-state index is 8.64. The molecule has 0 saturated heterocycles. The van der Waals surface area contributed by atoms with Crippen molar-refractivity contribution in [2.45, 2.75) is 33.7 Å². The third-order valence-corrected chi connectivity index (χ3v) is 3.64. The van der Waals surface area contributed by atoms with Crippen molar-refractivity contribution < 1.29 is 5.21 Å². The fourth-order valence-electron chi connectivity index (χ4n) is 1.34. The van der Waals surface area contributed by atoms with E-state index in [4.69, 9.17) is 10.9 Å². The van der Waals surface area contributed by atoms with Crippen LogP contribution in [-0.4, -0.2) is 22.6 Å². The normalized spacial score (nSPS) is 13.0. The lowest BCUT2D eigenvalue weighted by atomic mass is 9.88. The van der Waals surface area contributed by atoms with Gasteiger partial charge in [-0.1, -0.05) is 19.0 Å². The first-order valence-electron chi connectivity index (χ1n) is 5.55. The van der Waals surface area contributed by atoms with E-state index in [1.807, 2.05) is 26.2 Å². The second-order valence-electron chi connectivity index (χ2n) is 4.68. The molecule has 0 radical (unpaired) electrons. The molecule has 0 amide bonds. The van der Waals surface area contributed by atoms with Gasteiger partial charge in [0.05, 0.1) is 0 Å². The molecule has 0 saturated carbocycles. The molecule has 5 nitrogen and oxygen atoms in total. The molecule has 4 N–H and O–H groups in total. The molecule has 0 aliphatic carbocycles. The number of amidine groups is 1. The average Bonchev–Trinajstić information content (AvgIpc) is 2.69. The molecule has 0 fully saturated rings. The van der Waals surface area contributed by atoms with Gasteiger partial charge in [-0.2, -0.15) is 0 Å². The number of oxime groups is 1. The highest BCUT2D eigenvalue weighted by Gasteiger charge is 2.22. The second kappa shape index (κ2) is 5.97. The van der Waals surface area contributed by atoms with E-state index in [1.54, 1.807) is 11.3 Å². The van der Waals surface area contributed by atoms with Gasteiger partial charge >= 0.3 is 0 Å². The predicted molar refractivity (Wildman–Crippen MR) is 70.4 cm³/mol. The minimum absolute atomic E-state index is 0.268. The van der Waals surface area contributed by atoms with Crippen molar-refractivity contribution in [3.63, 3.8) is 0 Å². The fourth-order valence-corrected chi connectivity index (χ4v) is 2.08. The quantitative estimate of drug-likeness (QED) is 0.238. The summed E-state index contributed by atoms with van der Waals surface area (Å²) in [6, 6.07) is 0. The minimum atomic E-state index is -0.291.